The van der Waals surface area contributed by atoms with Crippen LogP contribution in [0.3, 0.4) is 0 Å². The molecule has 10 heteroatoms. The summed E-state index contributed by atoms with van der Waals surface area (Å²) in [6.45, 7) is 6.72. The highest BCUT2D eigenvalue weighted by molar-refractivity contribution is 5.97. The summed E-state index contributed by atoms with van der Waals surface area (Å²) in [5, 5.41) is 10.3. The monoisotopic (exact) mass is 510 g/mol. The topological polar surface area (TPSA) is 109 Å². The first-order chi connectivity index (χ1) is 18.5. The van der Waals surface area contributed by atoms with Gasteiger partial charge in [-0.2, -0.15) is 14.9 Å². The first-order valence-electron chi connectivity index (χ1n) is 12.6. The molecule has 1 saturated heterocycles. The van der Waals surface area contributed by atoms with Crippen molar-refractivity contribution in [3.8, 4) is 22.7 Å². The summed E-state index contributed by atoms with van der Waals surface area (Å²) in [6, 6.07) is 16.2. The van der Waals surface area contributed by atoms with Gasteiger partial charge in [0.2, 0.25) is 0 Å². The van der Waals surface area contributed by atoms with Crippen LogP contribution in [0.2, 0.25) is 0 Å². The predicted octanol–water partition coefficient (Wildman–Crippen LogP) is 3.85. The number of morpholine rings is 1. The molecule has 0 radical (unpaired) electrons. The van der Waals surface area contributed by atoms with Gasteiger partial charge in [-0.1, -0.05) is 12.1 Å². The van der Waals surface area contributed by atoms with Gasteiger partial charge in [0.15, 0.2) is 11.5 Å². The largest absolute Gasteiger partial charge is 0.497 e. The molecule has 1 fully saturated rings. The van der Waals surface area contributed by atoms with Crippen molar-refractivity contribution >= 4 is 22.7 Å². The van der Waals surface area contributed by atoms with E-state index in [2.05, 4.69) is 28.0 Å². The number of aryl methyl sites for hydroxylation is 1. The van der Waals surface area contributed by atoms with Crippen molar-refractivity contribution in [2.45, 2.75) is 26.4 Å². The van der Waals surface area contributed by atoms with E-state index >= 15 is 0 Å². The van der Waals surface area contributed by atoms with Crippen molar-refractivity contribution in [2.75, 3.05) is 37.5 Å². The summed E-state index contributed by atoms with van der Waals surface area (Å²) in [6.07, 6.45) is 3.62. The van der Waals surface area contributed by atoms with Gasteiger partial charge in [-0.3, -0.25) is 0 Å². The molecule has 1 aromatic carbocycles. The maximum atomic E-state index is 6.42. The van der Waals surface area contributed by atoms with Crippen LogP contribution in [0.15, 0.2) is 60.9 Å². The van der Waals surface area contributed by atoms with Crippen LogP contribution in [0.4, 0.5) is 11.6 Å². The maximum absolute atomic E-state index is 6.42. The Labute approximate surface area is 220 Å². The Morgan fingerprint density at radius 2 is 1.89 bits per heavy atom. The number of nitrogens with two attached hydrogens (primary N) is 1. The molecule has 0 amide bonds. The highest BCUT2D eigenvalue weighted by Gasteiger charge is 2.24. The van der Waals surface area contributed by atoms with Crippen LogP contribution in [-0.4, -0.2) is 62.4 Å². The fourth-order valence-electron chi connectivity index (χ4n) is 4.93. The molecule has 5 heterocycles. The lowest BCUT2D eigenvalue weighted by Gasteiger charge is -2.34. The summed E-state index contributed by atoms with van der Waals surface area (Å²) in [5.41, 5.74) is 10.9. The second-order valence-electron chi connectivity index (χ2n) is 9.52. The number of methoxy groups -OCH3 is 1. The molecular weight excluding hydrogens is 480 g/mol. The average Bonchev–Trinajstić information content (AvgIpc) is 3.55. The zero-order valence-electron chi connectivity index (χ0n) is 21.7. The van der Waals surface area contributed by atoms with Crippen molar-refractivity contribution in [3.05, 3.63) is 72.2 Å². The molecule has 0 saturated carbocycles. The molecule has 6 rings (SSSR count). The quantitative estimate of drug-likeness (QED) is 0.367. The van der Waals surface area contributed by atoms with Crippen molar-refractivity contribution in [3.63, 3.8) is 0 Å². The van der Waals surface area contributed by atoms with Gasteiger partial charge in [0.1, 0.15) is 17.4 Å². The molecule has 1 aliphatic rings. The van der Waals surface area contributed by atoms with E-state index in [9.17, 15) is 0 Å². The minimum absolute atomic E-state index is 0.187. The Morgan fingerprint density at radius 1 is 1.05 bits per heavy atom. The highest BCUT2D eigenvalue weighted by atomic mass is 16.5. The minimum atomic E-state index is 0.187. The normalized spacial score (nSPS) is 15.8. The first kappa shape index (κ1) is 23.9. The van der Waals surface area contributed by atoms with E-state index in [-0.39, 0.29) is 6.04 Å². The highest BCUT2D eigenvalue weighted by Crippen LogP contribution is 2.35. The van der Waals surface area contributed by atoms with Crippen LogP contribution in [-0.2, 0) is 11.3 Å². The summed E-state index contributed by atoms with van der Waals surface area (Å²) in [4.78, 5) is 11.9. The van der Waals surface area contributed by atoms with E-state index in [0.717, 1.165) is 57.3 Å². The van der Waals surface area contributed by atoms with Gasteiger partial charge in [0.05, 0.1) is 45.3 Å². The van der Waals surface area contributed by atoms with E-state index in [0.29, 0.717) is 25.6 Å². The van der Waals surface area contributed by atoms with E-state index in [4.69, 9.17) is 25.3 Å². The number of nitrogen functional groups attached to an aromatic ring is 1. The molecule has 4 aromatic heterocycles. The molecule has 5 aromatic rings. The lowest BCUT2D eigenvalue weighted by atomic mass is 10.0. The van der Waals surface area contributed by atoms with Crippen LogP contribution in [0.5, 0.6) is 5.75 Å². The lowest BCUT2D eigenvalue weighted by molar-refractivity contribution is 0.0985. The number of hydrogen-bond donors (Lipinski definition) is 1. The number of pyridine rings is 2. The number of ether oxygens (including phenoxy) is 2. The Balaban J connectivity index is 1.49. The minimum Gasteiger partial charge on any atom is -0.497 e. The summed E-state index contributed by atoms with van der Waals surface area (Å²) >= 11 is 0. The molecule has 10 nitrogen and oxygen atoms in total. The van der Waals surface area contributed by atoms with E-state index in [1.54, 1.807) is 13.3 Å². The SMILES string of the molecule is COc1ccc(Cn2nccc2-n2ncc3c(-c4ccc(C)nc4N)cc(N4CCOC[C@H]4C)nc32)cc1. The molecule has 1 aliphatic heterocycles. The molecule has 38 heavy (non-hydrogen) atoms. The second kappa shape index (κ2) is 9.79. The second-order valence-corrected chi connectivity index (χ2v) is 9.52. The van der Waals surface area contributed by atoms with E-state index in [1.807, 2.05) is 64.9 Å². The Bertz CT molecular complexity index is 1590. The summed E-state index contributed by atoms with van der Waals surface area (Å²) in [5.74, 6) is 2.97. The number of rotatable bonds is 6. The smallest absolute Gasteiger partial charge is 0.167 e. The third-order valence-electron chi connectivity index (χ3n) is 6.95. The molecule has 0 bridgehead atoms. The zero-order valence-corrected chi connectivity index (χ0v) is 21.7. The number of fused-ring (bicyclic) bond motifs is 1. The van der Waals surface area contributed by atoms with Gasteiger partial charge in [0, 0.05) is 34.8 Å². The fourth-order valence-corrected chi connectivity index (χ4v) is 4.93. The van der Waals surface area contributed by atoms with Crippen molar-refractivity contribution in [1.82, 2.24) is 29.5 Å². The van der Waals surface area contributed by atoms with Gasteiger partial charge in [-0.25, -0.2) is 14.6 Å². The third kappa shape index (κ3) is 4.32. The van der Waals surface area contributed by atoms with E-state index in [1.165, 1.54) is 0 Å². The van der Waals surface area contributed by atoms with Crippen LogP contribution in [0.25, 0.3) is 28.0 Å². The van der Waals surface area contributed by atoms with Crippen molar-refractivity contribution in [1.29, 1.82) is 0 Å². The summed E-state index contributed by atoms with van der Waals surface area (Å²) < 4.78 is 14.7. The number of nitrogens with zero attached hydrogens (tertiary/aromatic N) is 7. The number of anilines is 2. The third-order valence-corrected chi connectivity index (χ3v) is 6.95. The molecule has 1 atom stereocenters. The fraction of sp³-hybridized carbons (Fsp3) is 0.286. The van der Waals surface area contributed by atoms with E-state index < -0.39 is 0 Å². The lowest BCUT2D eigenvalue weighted by Crippen LogP contribution is -2.44. The summed E-state index contributed by atoms with van der Waals surface area (Å²) in [7, 11) is 1.66. The average molecular weight is 511 g/mol. The number of aromatic nitrogens is 6. The number of benzene rings is 1. The molecule has 0 aliphatic carbocycles. The number of hydrogen-bond acceptors (Lipinski definition) is 8. The Morgan fingerprint density at radius 3 is 2.66 bits per heavy atom. The molecular formula is C28H30N8O2. The van der Waals surface area contributed by atoms with Crippen molar-refractivity contribution < 1.29 is 9.47 Å². The van der Waals surface area contributed by atoms with Gasteiger partial charge < -0.3 is 20.1 Å². The van der Waals surface area contributed by atoms with Gasteiger partial charge >= 0.3 is 0 Å². The van der Waals surface area contributed by atoms with Crippen LogP contribution in [0, 0.1) is 6.92 Å². The molecule has 2 N–H and O–H groups in total. The van der Waals surface area contributed by atoms with Gasteiger partial charge in [0.25, 0.3) is 0 Å². The van der Waals surface area contributed by atoms with Gasteiger partial charge in [-0.15, -0.1) is 0 Å². The van der Waals surface area contributed by atoms with Crippen LogP contribution in [0.1, 0.15) is 18.2 Å². The first-order valence-corrected chi connectivity index (χ1v) is 12.6. The van der Waals surface area contributed by atoms with Crippen molar-refractivity contribution in [2.24, 2.45) is 0 Å². The molecule has 0 spiro atoms. The Hall–Kier alpha value is -4.44. The van der Waals surface area contributed by atoms with Crippen LogP contribution >= 0.6 is 0 Å². The predicted molar refractivity (Wildman–Crippen MR) is 147 cm³/mol. The standard InChI is InChI=1S/C28H30N8O2/c1-18-4-9-22(27(29)32-18)23-14-25(34-12-13-38-17-19(34)2)33-28-24(23)15-31-36(28)26-10-11-30-35(26)16-20-5-7-21(37-3)8-6-20/h4-11,14-15,19H,12-13,16-17H2,1-3H3,(H2,29,32)/t19-/m1/s1. The zero-order chi connectivity index (χ0) is 26.2. The molecule has 194 valence electrons. The van der Waals surface area contributed by atoms with Crippen LogP contribution < -0.4 is 15.4 Å². The Kier molecular flexibility index (Phi) is 6.16. The molecule has 0 unspecified atom stereocenters. The maximum Gasteiger partial charge on any atom is 0.167 e. The van der Waals surface area contributed by atoms with Gasteiger partial charge in [-0.05, 0) is 49.7 Å².